The Morgan fingerprint density at radius 2 is 1.68 bits per heavy atom. The zero-order valence-electron chi connectivity index (χ0n) is 19.0. The van der Waals surface area contributed by atoms with Crippen molar-refractivity contribution in [3.8, 4) is 11.5 Å². The maximum atomic E-state index is 13.8. The molecule has 1 saturated heterocycles. The van der Waals surface area contributed by atoms with Gasteiger partial charge in [0.2, 0.25) is 0 Å². The molecular weight excluding hydrogens is 458 g/mol. The number of rotatable bonds is 6. The van der Waals surface area contributed by atoms with Crippen LogP contribution in [0.5, 0.6) is 11.5 Å². The Balaban J connectivity index is 1.62. The third-order valence-electron chi connectivity index (χ3n) is 7.13. The number of hydrogen-bond donors (Lipinski definition) is 4. The van der Waals surface area contributed by atoms with Gasteiger partial charge in [-0.2, -0.15) is 0 Å². The number of hydroxylamine groups is 1. The van der Waals surface area contributed by atoms with E-state index in [1.807, 2.05) is 0 Å². The fourth-order valence-corrected chi connectivity index (χ4v) is 7.30. The molecule has 4 rings (SSSR count). The molecule has 2 amide bonds. The van der Waals surface area contributed by atoms with E-state index in [0.29, 0.717) is 23.5 Å². The van der Waals surface area contributed by atoms with Crippen molar-refractivity contribution in [3.63, 3.8) is 0 Å². The lowest BCUT2D eigenvalue weighted by Gasteiger charge is -2.36. The van der Waals surface area contributed by atoms with Crippen LogP contribution in [-0.2, 0) is 14.6 Å². The van der Waals surface area contributed by atoms with Crippen molar-refractivity contribution in [1.29, 1.82) is 0 Å². The fraction of sp³-hybridized carbons (Fsp3) is 0.417. The van der Waals surface area contributed by atoms with Gasteiger partial charge in [-0.3, -0.25) is 14.8 Å². The first-order chi connectivity index (χ1) is 16.3. The lowest BCUT2D eigenvalue weighted by molar-refractivity contribution is -0.132. The molecule has 10 heteroatoms. The number of para-hydroxylation sites is 1. The lowest BCUT2D eigenvalue weighted by Crippen LogP contribution is -2.51. The summed E-state index contributed by atoms with van der Waals surface area (Å²) in [6, 6.07) is 12.5. The van der Waals surface area contributed by atoms with Gasteiger partial charge in [0.05, 0.1) is 10.5 Å². The molecule has 0 aromatic heterocycles. The normalized spacial score (nSPS) is 21.7. The van der Waals surface area contributed by atoms with Gasteiger partial charge < -0.3 is 15.4 Å². The van der Waals surface area contributed by atoms with Crippen LogP contribution in [0.2, 0.25) is 0 Å². The molecule has 1 heterocycles. The first-order valence-corrected chi connectivity index (χ1v) is 12.7. The Morgan fingerprint density at radius 1 is 1.00 bits per heavy atom. The quantitative estimate of drug-likeness (QED) is 0.363. The molecule has 2 fully saturated rings. The number of sulfone groups is 1. The van der Waals surface area contributed by atoms with Gasteiger partial charge in [-0.25, -0.2) is 13.9 Å². The number of carbonyl (C=O) groups excluding carboxylic acids is 2. The number of carbonyl (C=O) groups is 2. The van der Waals surface area contributed by atoms with E-state index in [2.05, 4.69) is 10.6 Å². The van der Waals surface area contributed by atoms with Crippen LogP contribution in [0.1, 0.15) is 42.5 Å². The second kappa shape index (κ2) is 9.36. The van der Waals surface area contributed by atoms with E-state index in [9.17, 15) is 23.2 Å². The molecular formula is C24H29N3O6S. The van der Waals surface area contributed by atoms with Gasteiger partial charge in [0, 0.05) is 7.05 Å². The summed E-state index contributed by atoms with van der Waals surface area (Å²) in [5, 5.41) is 15.3. The Kier molecular flexibility index (Phi) is 6.66. The molecule has 1 aliphatic carbocycles. The predicted octanol–water partition coefficient (Wildman–Crippen LogP) is 2.41. The molecule has 9 nitrogen and oxygen atoms in total. The molecule has 4 N–H and O–H groups in total. The van der Waals surface area contributed by atoms with Gasteiger partial charge in [-0.15, -0.1) is 0 Å². The Bertz CT molecular complexity index is 1180. The molecule has 2 aromatic rings. The third kappa shape index (κ3) is 4.17. The number of ether oxygens (including phenoxy) is 1. The summed E-state index contributed by atoms with van der Waals surface area (Å²) in [7, 11) is -2.59. The van der Waals surface area contributed by atoms with E-state index in [1.165, 1.54) is 31.3 Å². The summed E-state index contributed by atoms with van der Waals surface area (Å²) in [5.41, 5.74) is 1.72. The minimum Gasteiger partial charge on any atom is -0.457 e. The highest BCUT2D eigenvalue weighted by molar-refractivity contribution is 7.93. The highest BCUT2D eigenvalue weighted by Crippen LogP contribution is 2.54. The molecule has 34 heavy (non-hydrogen) atoms. The summed E-state index contributed by atoms with van der Waals surface area (Å²) >= 11 is 0. The number of hydrogen-bond acceptors (Lipinski definition) is 7. The largest absolute Gasteiger partial charge is 0.457 e. The molecule has 1 spiro atoms. The van der Waals surface area contributed by atoms with E-state index in [1.54, 1.807) is 29.7 Å². The van der Waals surface area contributed by atoms with Crippen molar-refractivity contribution < 1.29 is 28.0 Å². The minimum atomic E-state index is -4.11. The van der Waals surface area contributed by atoms with E-state index >= 15 is 0 Å². The standard InChI is InChI=1S/C24H29N3O6S/c1-25-21(28)19-4-2-3-5-20(19)33-17-6-8-18(9-7-17)34(31,32)24(22(29)27-30)11-10-23(16-24)12-14-26-15-13-23/h2-9,26,30H,10-16H2,1H3,(H,25,28)(H,27,29). The second-order valence-electron chi connectivity index (χ2n) is 9.01. The SMILES string of the molecule is CNC(=O)c1ccccc1Oc1ccc(S(=O)(=O)C2(C(=O)NO)CCC3(CCNCC3)C2)cc1. The van der Waals surface area contributed by atoms with Crippen molar-refractivity contribution in [3.05, 3.63) is 54.1 Å². The minimum absolute atomic E-state index is 0.0194. The van der Waals surface area contributed by atoms with Gasteiger partial charge in [0.1, 0.15) is 11.5 Å². The van der Waals surface area contributed by atoms with Gasteiger partial charge >= 0.3 is 0 Å². The Hall–Kier alpha value is -2.95. The van der Waals surface area contributed by atoms with Gasteiger partial charge in [-0.1, -0.05) is 12.1 Å². The van der Waals surface area contributed by atoms with Crippen LogP contribution < -0.4 is 20.9 Å². The van der Waals surface area contributed by atoms with Crippen LogP contribution in [0, 0.1) is 5.41 Å². The van der Waals surface area contributed by atoms with Crippen molar-refractivity contribution in [2.75, 3.05) is 20.1 Å². The zero-order valence-corrected chi connectivity index (χ0v) is 19.8. The Labute approximate surface area is 198 Å². The summed E-state index contributed by atoms with van der Waals surface area (Å²) in [5.74, 6) is -0.517. The average Bonchev–Trinajstić information content (AvgIpc) is 3.24. The van der Waals surface area contributed by atoms with Crippen LogP contribution in [0.4, 0.5) is 0 Å². The van der Waals surface area contributed by atoms with Crippen LogP contribution in [0.15, 0.2) is 53.4 Å². The maximum Gasteiger partial charge on any atom is 0.265 e. The third-order valence-corrected chi connectivity index (χ3v) is 9.59. The fourth-order valence-electron chi connectivity index (χ4n) is 5.20. The van der Waals surface area contributed by atoms with E-state index < -0.39 is 20.5 Å². The molecule has 2 aromatic carbocycles. The number of benzene rings is 2. The Morgan fingerprint density at radius 3 is 2.32 bits per heavy atom. The van der Waals surface area contributed by atoms with Crippen molar-refractivity contribution in [2.45, 2.75) is 41.7 Å². The molecule has 0 radical (unpaired) electrons. The first-order valence-electron chi connectivity index (χ1n) is 11.3. The summed E-state index contributed by atoms with van der Waals surface area (Å²) in [6.07, 6.45) is 2.52. The highest BCUT2D eigenvalue weighted by atomic mass is 32.2. The predicted molar refractivity (Wildman–Crippen MR) is 125 cm³/mol. The molecule has 1 aliphatic heterocycles. The summed E-state index contributed by atoms with van der Waals surface area (Å²) < 4.78 is 31.6. The zero-order chi connectivity index (χ0) is 24.4. The summed E-state index contributed by atoms with van der Waals surface area (Å²) in [4.78, 5) is 24.9. The second-order valence-corrected chi connectivity index (χ2v) is 11.3. The maximum absolute atomic E-state index is 13.8. The van der Waals surface area contributed by atoms with Crippen molar-refractivity contribution in [2.24, 2.45) is 5.41 Å². The van der Waals surface area contributed by atoms with E-state index in [4.69, 9.17) is 4.74 Å². The lowest BCUT2D eigenvalue weighted by atomic mass is 9.77. The monoisotopic (exact) mass is 487 g/mol. The van der Waals surface area contributed by atoms with Crippen LogP contribution >= 0.6 is 0 Å². The van der Waals surface area contributed by atoms with Crippen LogP contribution in [0.3, 0.4) is 0 Å². The molecule has 0 bridgehead atoms. The average molecular weight is 488 g/mol. The number of piperidine rings is 1. The highest BCUT2D eigenvalue weighted by Gasteiger charge is 2.60. The van der Waals surface area contributed by atoms with Gasteiger partial charge in [0.25, 0.3) is 11.8 Å². The smallest absolute Gasteiger partial charge is 0.265 e. The molecule has 182 valence electrons. The topological polar surface area (TPSA) is 134 Å². The van der Waals surface area contributed by atoms with Crippen LogP contribution in [-0.4, -0.2) is 50.3 Å². The van der Waals surface area contributed by atoms with Gasteiger partial charge in [-0.05, 0) is 87.0 Å². The molecule has 1 unspecified atom stereocenters. The summed E-state index contributed by atoms with van der Waals surface area (Å²) in [6.45, 7) is 1.56. The molecule has 1 saturated carbocycles. The van der Waals surface area contributed by atoms with Crippen LogP contribution in [0.25, 0.3) is 0 Å². The van der Waals surface area contributed by atoms with Gasteiger partial charge in [0.15, 0.2) is 14.6 Å². The first kappa shape index (κ1) is 24.2. The van der Waals surface area contributed by atoms with E-state index in [-0.39, 0.29) is 29.1 Å². The van der Waals surface area contributed by atoms with Crippen molar-refractivity contribution >= 4 is 21.7 Å². The van der Waals surface area contributed by atoms with E-state index in [0.717, 1.165) is 25.9 Å². The molecule has 2 aliphatic rings. The number of nitrogens with one attached hydrogen (secondary N) is 3. The van der Waals surface area contributed by atoms with Crippen molar-refractivity contribution in [1.82, 2.24) is 16.1 Å². The number of amides is 2. The molecule has 1 atom stereocenters.